The quantitative estimate of drug-likeness (QED) is 0.340. The lowest BCUT2D eigenvalue weighted by molar-refractivity contribution is -0.131. The van der Waals surface area contributed by atoms with Gasteiger partial charge < -0.3 is 5.11 Å². The Balaban J connectivity index is 2.51. The Morgan fingerprint density at radius 3 is 2.42 bits per heavy atom. The molecule has 1 aromatic carbocycles. The van der Waals surface area contributed by atoms with Crippen LogP contribution in [-0.2, 0) is 4.79 Å². The molecule has 19 heavy (non-hydrogen) atoms. The van der Waals surface area contributed by atoms with E-state index in [0.717, 1.165) is 22.8 Å². The highest BCUT2D eigenvalue weighted by Gasteiger charge is 2.02. The van der Waals surface area contributed by atoms with Gasteiger partial charge >= 0.3 is 5.97 Å². The molecule has 0 saturated carbocycles. The maximum atomic E-state index is 11.6. The first-order chi connectivity index (χ1) is 9.13. The Bertz CT molecular complexity index is 449. The van der Waals surface area contributed by atoms with Crippen molar-refractivity contribution in [3.63, 3.8) is 0 Å². The van der Waals surface area contributed by atoms with E-state index in [1.165, 1.54) is 19.3 Å². The molecule has 0 aliphatic rings. The number of benzene rings is 1. The van der Waals surface area contributed by atoms with Crippen LogP contribution in [-0.4, -0.2) is 22.6 Å². The smallest absolute Gasteiger partial charge is 0.328 e. The molecule has 0 atom stereocenters. The molecule has 0 amide bonds. The predicted molar refractivity (Wildman–Crippen MR) is 77.8 cm³/mol. The summed E-state index contributed by atoms with van der Waals surface area (Å²) in [5.41, 5.74) is 0.510. The van der Waals surface area contributed by atoms with Gasteiger partial charge in [-0.3, -0.25) is 4.79 Å². The third-order valence-electron chi connectivity index (χ3n) is 2.53. The first kappa shape index (κ1) is 15.5. The maximum Gasteiger partial charge on any atom is 0.328 e. The Morgan fingerprint density at radius 2 is 1.84 bits per heavy atom. The SMILES string of the molecule is CCCCCSc1ccc(C(=O)/C=C/C(=O)O)cc1. The van der Waals surface area contributed by atoms with Crippen LogP contribution in [0.1, 0.15) is 36.5 Å². The van der Waals surface area contributed by atoms with Gasteiger partial charge in [0.1, 0.15) is 0 Å². The number of carboxylic acids is 1. The number of rotatable bonds is 8. The number of carbonyl (C=O) groups excluding carboxylic acids is 1. The number of aliphatic carboxylic acids is 1. The normalized spacial score (nSPS) is 10.8. The zero-order chi connectivity index (χ0) is 14.1. The number of carboxylic acid groups (broad SMARTS) is 1. The molecule has 0 heterocycles. The van der Waals surface area contributed by atoms with Gasteiger partial charge in [-0.25, -0.2) is 4.79 Å². The van der Waals surface area contributed by atoms with Gasteiger partial charge in [-0.15, -0.1) is 11.8 Å². The van der Waals surface area contributed by atoms with Crippen molar-refractivity contribution in [3.05, 3.63) is 42.0 Å². The minimum absolute atomic E-state index is 0.287. The van der Waals surface area contributed by atoms with Crippen LogP contribution in [0.25, 0.3) is 0 Å². The Morgan fingerprint density at radius 1 is 1.16 bits per heavy atom. The van der Waals surface area contributed by atoms with Gasteiger partial charge in [-0.2, -0.15) is 0 Å². The monoisotopic (exact) mass is 278 g/mol. The number of hydrogen-bond acceptors (Lipinski definition) is 3. The maximum absolute atomic E-state index is 11.6. The van der Waals surface area contributed by atoms with Crippen molar-refractivity contribution in [1.29, 1.82) is 0 Å². The molecule has 4 heteroatoms. The largest absolute Gasteiger partial charge is 0.478 e. The summed E-state index contributed by atoms with van der Waals surface area (Å²) in [6.45, 7) is 2.18. The van der Waals surface area contributed by atoms with E-state index in [0.29, 0.717) is 5.56 Å². The van der Waals surface area contributed by atoms with Gasteiger partial charge in [0.15, 0.2) is 5.78 Å². The lowest BCUT2D eigenvalue weighted by atomic mass is 10.1. The molecule has 1 rings (SSSR count). The van der Waals surface area contributed by atoms with E-state index in [2.05, 4.69) is 6.92 Å². The van der Waals surface area contributed by atoms with E-state index in [1.54, 1.807) is 23.9 Å². The summed E-state index contributed by atoms with van der Waals surface area (Å²) in [6.07, 6.45) is 5.58. The molecule has 0 radical (unpaired) electrons. The summed E-state index contributed by atoms with van der Waals surface area (Å²) in [6, 6.07) is 7.27. The number of allylic oxidation sites excluding steroid dienone is 1. The summed E-state index contributed by atoms with van der Waals surface area (Å²) in [5.74, 6) is -0.318. The van der Waals surface area contributed by atoms with Crippen LogP contribution in [0, 0.1) is 0 Å². The fourth-order valence-corrected chi connectivity index (χ4v) is 2.41. The minimum Gasteiger partial charge on any atom is -0.478 e. The second-order valence-electron chi connectivity index (χ2n) is 4.12. The van der Waals surface area contributed by atoms with Crippen molar-refractivity contribution in [1.82, 2.24) is 0 Å². The summed E-state index contributed by atoms with van der Waals surface area (Å²) in [4.78, 5) is 23.1. The highest BCUT2D eigenvalue weighted by molar-refractivity contribution is 7.99. The molecule has 0 fully saturated rings. The standard InChI is InChI=1S/C15H18O3S/c1-2-3-4-11-19-13-7-5-12(6-8-13)14(16)9-10-15(17)18/h5-10H,2-4,11H2,1H3,(H,17,18)/b10-9+. The van der Waals surface area contributed by atoms with E-state index in [1.807, 2.05) is 12.1 Å². The highest BCUT2D eigenvalue weighted by atomic mass is 32.2. The van der Waals surface area contributed by atoms with Crippen LogP contribution in [0.3, 0.4) is 0 Å². The molecule has 0 aliphatic carbocycles. The average Bonchev–Trinajstić information content (AvgIpc) is 2.41. The molecule has 102 valence electrons. The second kappa shape index (κ2) is 8.53. The van der Waals surface area contributed by atoms with Gasteiger partial charge in [-0.1, -0.05) is 19.8 Å². The zero-order valence-electron chi connectivity index (χ0n) is 11.0. The van der Waals surface area contributed by atoms with E-state index >= 15 is 0 Å². The molecule has 0 spiro atoms. The minimum atomic E-state index is -1.11. The van der Waals surface area contributed by atoms with Crippen LogP contribution in [0.5, 0.6) is 0 Å². The number of ketones is 1. The van der Waals surface area contributed by atoms with Gasteiger partial charge in [-0.05, 0) is 42.5 Å². The fourth-order valence-electron chi connectivity index (χ4n) is 1.50. The molecule has 1 N–H and O–H groups in total. The Kier molecular flexibility index (Phi) is 6.97. The van der Waals surface area contributed by atoms with Crippen LogP contribution in [0.4, 0.5) is 0 Å². The number of thioether (sulfide) groups is 1. The fraction of sp³-hybridized carbons (Fsp3) is 0.333. The molecule has 0 bridgehead atoms. The molecular formula is C15H18O3S. The third-order valence-corrected chi connectivity index (χ3v) is 3.63. The summed E-state index contributed by atoms with van der Waals surface area (Å²) >= 11 is 1.78. The number of unbranched alkanes of at least 4 members (excludes halogenated alkanes) is 2. The molecular weight excluding hydrogens is 260 g/mol. The molecule has 0 unspecified atom stereocenters. The lowest BCUT2D eigenvalue weighted by Gasteiger charge is -2.02. The third kappa shape index (κ3) is 6.25. The van der Waals surface area contributed by atoms with Crippen molar-refractivity contribution >= 4 is 23.5 Å². The highest BCUT2D eigenvalue weighted by Crippen LogP contribution is 2.20. The first-order valence-corrected chi connectivity index (χ1v) is 7.30. The van der Waals surface area contributed by atoms with Crippen molar-refractivity contribution in [2.75, 3.05) is 5.75 Å². The zero-order valence-corrected chi connectivity index (χ0v) is 11.8. The van der Waals surface area contributed by atoms with Crippen molar-refractivity contribution in [3.8, 4) is 0 Å². The Hall–Kier alpha value is -1.55. The van der Waals surface area contributed by atoms with E-state index in [-0.39, 0.29) is 5.78 Å². The average molecular weight is 278 g/mol. The van der Waals surface area contributed by atoms with E-state index in [4.69, 9.17) is 5.11 Å². The van der Waals surface area contributed by atoms with Crippen molar-refractivity contribution in [2.45, 2.75) is 31.1 Å². The molecule has 0 saturated heterocycles. The number of hydrogen-bond donors (Lipinski definition) is 1. The van der Waals surface area contributed by atoms with E-state index in [9.17, 15) is 9.59 Å². The number of carbonyl (C=O) groups is 2. The van der Waals surface area contributed by atoms with Crippen LogP contribution in [0.2, 0.25) is 0 Å². The molecule has 0 aliphatic heterocycles. The summed E-state index contributed by atoms with van der Waals surface area (Å²) in [7, 11) is 0. The topological polar surface area (TPSA) is 54.4 Å². The Labute approximate surface area is 117 Å². The van der Waals surface area contributed by atoms with Gasteiger partial charge in [0.25, 0.3) is 0 Å². The predicted octanol–water partition coefficient (Wildman–Crippen LogP) is 3.79. The first-order valence-electron chi connectivity index (χ1n) is 6.31. The van der Waals surface area contributed by atoms with Gasteiger partial charge in [0.2, 0.25) is 0 Å². The van der Waals surface area contributed by atoms with Gasteiger partial charge in [0, 0.05) is 16.5 Å². The second-order valence-corrected chi connectivity index (χ2v) is 5.28. The van der Waals surface area contributed by atoms with Crippen molar-refractivity contribution < 1.29 is 14.7 Å². The molecule has 0 aromatic heterocycles. The van der Waals surface area contributed by atoms with Crippen LogP contribution in [0.15, 0.2) is 41.3 Å². The lowest BCUT2D eigenvalue weighted by Crippen LogP contribution is -1.96. The van der Waals surface area contributed by atoms with Crippen molar-refractivity contribution in [2.24, 2.45) is 0 Å². The van der Waals surface area contributed by atoms with E-state index < -0.39 is 5.97 Å². The summed E-state index contributed by atoms with van der Waals surface area (Å²) < 4.78 is 0. The van der Waals surface area contributed by atoms with Crippen LogP contribution < -0.4 is 0 Å². The summed E-state index contributed by atoms with van der Waals surface area (Å²) in [5, 5.41) is 8.45. The molecule has 1 aromatic rings. The molecule has 3 nitrogen and oxygen atoms in total. The van der Waals surface area contributed by atoms with Crippen LogP contribution >= 0.6 is 11.8 Å². The van der Waals surface area contributed by atoms with Gasteiger partial charge in [0.05, 0.1) is 0 Å².